The molecule has 0 bridgehead atoms. The quantitative estimate of drug-likeness (QED) is 0.823. The predicted octanol–water partition coefficient (Wildman–Crippen LogP) is 0.249. The van der Waals surface area contributed by atoms with Gasteiger partial charge in [-0.25, -0.2) is 13.1 Å². The van der Waals surface area contributed by atoms with E-state index in [2.05, 4.69) is 9.82 Å². The molecule has 0 aliphatic heterocycles. The summed E-state index contributed by atoms with van der Waals surface area (Å²) >= 11 is 0. The molecule has 6 nitrogen and oxygen atoms in total. The first-order valence-corrected chi connectivity index (χ1v) is 7.64. The molecule has 1 aromatic heterocycles. The minimum Gasteiger partial charge on any atom is -0.396 e. The molecule has 2 atom stereocenters. The summed E-state index contributed by atoms with van der Waals surface area (Å²) in [5, 5.41) is 13.3. The number of aliphatic hydroxyl groups excluding tert-OH is 1. The Balaban J connectivity index is 2.15. The summed E-state index contributed by atoms with van der Waals surface area (Å²) in [5.41, 5.74) is 0. The van der Waals surface area contributed by atoms with Crippen LogP contribution in [0.1, 0.15) is 25.7 Å². The Hall–Kier alpha value is -0.920. The summed E-state index contributed by atoms with van der Waals surface area (Å²) in [6.45, 7) is 0.0264. The molecule has 0 spiro atoms. The highest BCUT2D eigenvalue weighted by atomic mass is 32.2. The highest BCUT2D eigenvalue weighted by molar-refractivity contribution is 7.89. The maximum atomic E-state index is 12.2. The molecule has 1 aliphatic rings. The summed E-state index contributed by atoms with van der Waals surface area (Å²) in [6, 6.07) is 1.29. The third kappa shape index (κ3) is 2.73. The van der Waals surface area contributed by atoms with Gasteiger partial charge in [0.2, 0.25) is 0 Å². The van der Waals surface area contributed by atoms with Crippen LogP contribution < -0.4 is 4.72 Å². The first-order valence-electron chi connectivity index (χ1n) is 6.16. The van der Waals surface area contributed by atoms with Crippen molar-refractivity contribution in [2.24, 2.45) is 13.0 Å². The number of sulfonamides is 1. The average molecular weight is 273 g/mol. The van der Waals surface area contributed by atoms with Crippen LogP contribution in [-0.4, -0.2) is 36.0 Å². The number of aromatic nitrogens is 2. The minimum absolute atomic E-state index is 0.0155. The first kappa shape index (κ1) is 13.5. The Labute approximate surface area is 107 Å². The second-order valence-corrected chi connectivity index (χ2v) is 6.41. The van der Waals surface area contributed by atoms with Crippen LogP contribution in [0, 0.1) is 5.92 Å². The lowest BCUT2D eigenvalue weighted by Gasteiger charge is -2.30. The standard InChI is InChI=1S/C11H19N3O3S/c1-14-11(6-7-12-14)18(16,17)13-10-5-3-2-4-9(10)8-15/h6-7,9-10,13,15H,2-5,8H2,1H3. The van der Waals surface area contributed by atoms with Crippen molar-refractivity contribution >= 4 is 10.0 Å². The van der Waals surface area contributed by atoms with Gasteiger partial charge in [-0.3, -0.25) is 4.68 Å². The molecule has 18 heavy (non-hydrogen) atoms. The topological polar surface area (TPSA) is 84.2 Å². The maximum absolute atomic E-state index is 12.2. The van der Waals surface area contributed by atoms with Gasteiger partial charge in [0.05, 0.1) is 6.20 Å². The Morgan fingerprint density at radius 3 is 2.83 bits per heavy atom. The summed E-state index contributed by atoms with van der Waals surface area (Å²) in [6.07, 6.45) is 5.15. The zero-order chi connectivity index (χ0) is 13.2. The molecule has 0 radical (unpaired) electrons. The van der Waals surface area contributed by atoms with E-state index in [1.807, 2.05) is 0 Å². The average Bonchev–Trinajstić information content (AvgIpc) is 2.76. The third-order valence-electron chi connectivity index (χ3n) is 3.50. The highest BCUT2D eigenvalue weighted by Crippen LogP contribution is 2.25. The van der Waals surface area contributed by atoms with Crippen molar-refractivity contribution in [3.8, 4) is 0 Å². The van der Waals surface area contributed by atoms with Crippen LogP contribution in [0.25, 0.3) is 0 Å². The van der Waals surface area contributed by atoms with Gasteiger partial charge in [-0.1, -0.05) is 12.8 Å². The van der Waals surface area contributed by atoms with Gasteiger partial charge in [0.25, 0.3) is 10.0 Å². The normalized spacial score (nSPS) is 25.2. The molecular formula is C11H19N3O3S. The largest absolute Gasteiger partial charge is 0.396 e. The molecule has 7 heteroatoms. The van der Waals surface area contributed by atoms with E-state index in [-0.39, 0.29) is 23.6 Å². The van der Waals surface area contributed by atoms with E-state index in [9.17, 15) is 13.5 Å². The smallest absolute Gasteiger partial charge is 0.257 e. The van der Waals surface area contributed by atoms with Crippen LogP contribution in [0.2, 0.25) is 0 Å². The molecule has 0 saturated heterocycles. The van der Waals surface area contributed by atoms with Crippen molar-refractivity contribution in [3.63, 3.8) is 0 Å². The van der Waals surface area contributed by atoms with Crippen molar-refractivity contribution in [1.82, 2.24) is 14.5 Å². The van der Waals surface area contributed by atoms with E-state index in [1.54, 1.807) is 7.05 Å². The Bertz CT molecular complexity index is 497. The van der Waals surface area contributed by atoms with Gasteiger partial charge in [0, 0.05) is 19.7 Å². The molecule has 0 amide bonds. The number of rotatable bonds is 4. The van der Waals surface area contributed by atoms with E-state index in [0.717, 1.165) is 25.7 Å². The van der Waals surface area contributed by atoms with Crippen molar-refractivity contribution in [2.75, 3.05) is 6.61 Å². The Morgan fingerprint density at radius 2 is 2.22 bits per heavy atom. The predicted molar refractivity (Wildman–Crippen MR) is 66.4 cm³/mol. The van der Waals surface area contributed by atoms with Crippen LogP contribution in [0.15, 0.2) is 17.3 Å². The fraction of sp³-hybridized carbons (Fsp3) is 0.727. The molecule has 1 aromatic rings. The number of aliphatic hydroxyl groups is 1. The molecule has 1 heterocycles. The summed E-state index contributed by atoms with van der Waals surface area (Å²) in [5.74, 6) is 0.0155. The van der Waals surface area contributed by atoms with Gasteiger partial charge >= 0.3 is 0 Å². The van der Waals surface area contributed by atoms with Crippen LogP contribution in [0.3, 0.4) is 0 Å². The van der Waals surface area contributed by atoms with Gasteiger partial charge in [0.15, 0.2) is 5.03 Å². The number of hydrogen-bond acceptors (Lipinski definition) is 4. The first-order chi connectivity index (χ1) is 8.54. The maximum Gasteiger partial charge on any atom is 0.257 e. The van der Waals surface area contributed by atoms with Crippen molar-refractivity contribution in [1.29, 1.82) is 0 Å². The number of hydrogen-bond donors (Lipinski definition) is 2. The highest BCUT2D eigenvalue weighted by Gasteiger charge is 2.30. The molecule has 2 unspecified atom stereocenters. The van der Waals surface area contributed by atoms with Crippen LogP contribution in [0.5, 0.6) is 0 Å². The monoisotopic (exact) mass is 273 g/mol. The second-order valence-electron chi connectivity index (χ2n) is 4.75. The van der Waals surface area contributed by atoms with Crippen LogP contribution in [0.4, 0.5) is 0 Å². The molecule has 102 valence electrons. The lowest BCUT2D eigenvalue weighted by molar-refractivity contribution is 0.164. The van der Waals surface area contributed by atoms with Gasteiger partial charge in [-0.05, 0) is 24.8 Å². The van der Waals surface area contributed by atoms with Gasteiger partial charge in [0.1, 0.15) is 0 Å². The van der Waals surface area contributed by atoms with Gasteiger partial charge in [-0.2, -0.15) is 5.10 Å². The molecule has 0 aromatic carbocycles. The fourth-order valence-corrected chi connectivity index (χ4v) is 3.93. The lowest BCUT2D eigenvalue weighted by atomic mass is 9.86. The Kier molecular flexibility index (Phi) is 4.04. The number of aryl methyl sites for hydroxylation is 1. The molecular weight excluding hydrogens is 254 g/mol. The third-order valence-corrected chi connectivity index (χ3v) is 5.07. The zero-order valence-electron chi connectivity index (χ0n) is 10.4. The fourth-order valence-electron chi connectivity index (χ4n) is 2.47. The molecule has 1 aliphatic carbocycles. The summed E-state index contributed by atoms with van der Waals surface area (Å²) in [4.78, 5) is 0. The molecule has 1 fully saturated rings. The van der Waals surface area contributed by atoms with Gasteiger partial charge < -0.3 is 5.11 Å². The van der Waals surface area contributed by atoms with Crippen LogP contribution in [-0.2, 0) is 17.1 Å². The van der Waals surface area contributed by atoms with E-state index in [1.165, 1.54) is 16.9 Å². The lowest BCUT2D eigenvalue weighted by Crippen LogP contribution is -2.43. The van der Waals surface area contributed by atoms with Gasteiger partial charge in [-0.15, -0.1) is 0 Å². The SMILES string of the molecule is Cn1nccc1S(=O)(=O)NC1CCCCC1CO. The molecule has 2 N–H and O–H groups in total. The van der Waals surface area contributed by atoms with Crippen molar-refractivity contribution in [2.45, 2.75) is 36.8 Å². The minimum atomic E-state index is -3.55. The Morgan fingerprint density at radius 1 is 1.50 bits per heavy atom. The summed E-state index contributed by atoms with van der Waals surface area (Å²) in [7, 11) is -1.95. The number of nitrogens with one attached hydrogen (secondary N) is 1. The molecule has 2 rings (SSSR count). The number of nitrogens with zero attached hydrogens (tertiary/aromatic N) is 2. The van der Waals surface area contributed by atoms with E-state index < -0.39 is 10.0 Å². The van der Waals surface area contributed by atoms with E-state index >= 15 is 0 Å². The van der Waals surface area contributed by atoms with E-state index in [0.29, 0.717) is 0 Å². The zero-order valence-corrected chi connectivity index (χ0v) is 11.2. The second kappa shape index (κ2) is 5.38. The van der Waals surface area contributed by atoms with Crippen LogP contribution >= 0.6 is 0 Å². The van der Waals surface area contributed by atoms with Crippen molar-refractivity contribution < 1.29 is 13.5 Å². The summed E-state index contributed by atoms with van der Waals surface area (Å²) < 4.78 is 28.4. The van der Waals surface area contributed by atoms with E-state index in [4.69, 9.17) is 0 Å². The molecule has 1 saturated carbocycles. The van der Waals surface area contributed by atoms with Crippen molar-refractivity contribution in [3.05, 3.63) is 12.3 Å².